The number of alkyl halides is 1. The topological polar surface area (TPSA) is 35.5 Å². The van der Waals surface area contributed by atoms with E-state index in [9.17, 15) is 9.18 Å². The minimum atomic E-state index is -1.47. The Morgan fingerprint density at radius 3 is 2.28 bits per heavy atom. The summed E-state index contributed by atoms with van der Waals surface area (Å²) in [5, 5.41) is 0. The number of carbonyl (C=O) groups is 1. The first-order valence-electron chi connectivity index (χ1n) is 15.3. The number of unbranched alkanes of at least 4 members (excludes halogenated alkanes) is 4. The number of benzene rings is 2. The van der Waals surface area contributed by atoms with Gasteiger partial charge in [-0.1, -0.05) is 76.3 Å². The molecule has 1 aliphatic carbocycles. The first-order valence-corrected chi connectivity index (χ1v) is 16.1. The van der Waals surface area contributed by atoms with E-state index >= 15 is 0 Å². The molecule has 39 heavy (non-hydrogen) atoms. The van der Waals surface area contributed by atoms with Crippen LogP contribution in [-0.4, -0.2) is 24.3 Å². The fourth-order valence-corrected chi connectivity index (χ4v) is 5.89. The molecule has 0 spiro atoms. The molecule has 1 fully saturated rings. The van der Waals surface area contributed by atoms with Gasteiger partial charge in [0, 0.05) is 0 Å². The number of aryl methyl sites for hydroxylation is 1. The molecule has 0 heterocycles. The molecule has 3 nitrogen and oxygen atoms in total. The molecule has 0 amide bonds. The van der Waals surface area contributed by atoms with Crippen LogP contribution in [0.15, 0.2) is 46.9 Å². The van der Waals surface area contributed by atoms with Gasteiger partial charge in [-0.05, 0) is 115 Å². The number of esters is 1. The van der Waals surface area contributed by atoms with Gasteiger partial charge < -0.3 is 9.47 Å². The van der Waals surface area contributed by atoms with Gasteiger partial charge >= 0.3 is 5.97 Å². The normalized spacial score (nSPS) is 18.9. The van der Waals surface area contributed by atoms with Crippen molar-refractivity contribution >= 4 is 21.9 Å². The molecule has 0 saturated heterocycles. The first-order chi connectivity index (χ1) is 18.9. The Hall–Kier alpha value is -1.88. The molecule has 0 aromatic heterocycles. The maximum absolute atomic E-state index is 13.9. The Labute approximate surface area is 244 Å². The Balaban J connectivity index is 1.41. The molecule has 0 aliphatic heterocycles. The number of rotatable bonds is 16. The van der Waals surface area contributed by atoms with Gasteiger partial charge in [0.05, 0.1) is 10.6 Å². The van der Waals surface area contributed by atoms with Gasteiger partial charge in [-0.3, -0.25) is 0 Å². The van der Waals surface area contributed by atoms with E-state index in [1.165, 1.54) is 42.4 Å². The van der Waals surface area contributed by atoms with Crippen molar-refractivity contribution < 1.29 is 18.7 Å². The van der Waals surface area contributed by atoms with Crippen molar-refractivity contribution in [3.63, 3.8) is 0 Å². The molecular formula is C34H48BrFO3. The summed E-state index contributed by atoms with van der Waals surface area (Å²) in [5.74, 6) is 0.885. The molecule has 1 aliphatic rings. The van der Waals surface area contributed by atoms with Crippen molar-refractivity contribution in [2.45, 2.75) is 129 Å². The van der Waals surface area contributed by atoms with E-state index in [0.717, 1.165) is 68.0 Å². The summed E-state index contributed by atoms with van der Waals surface area (Å²) in [5.41, 5.74) is 3.72. The number of hydrogen-bond acceptors (Lipinski definition) is 3. The second-order valence-electron chi connectivity index (χ2n) is 11.3. The SMILES string of the molecule is CCCCCC[C@H](C)Oc1ccc(-c2ccc(CC[C@H]3CC[C@H](OC(=O)[C@@H](F)CCCC)CC3)cc2)cc1Br. The van der Waals surface area contributed by atoms with Crippen LogP contribution in [0.2, 0.25) is 0 Å². The van der Waals surface area contributed by atoms with E-state index in [-0.39, 0.29) is 18.6 Å². The summed E-state index contributed by atoms with van der Waals surface area (Å²) in [6.45, 7) is 6.39. The molecule has 3 rings (SSSR count). The average Bonchev–Trinajstić information content (AvgIpc) is 2.95. The van der Waals surface area contributed by atoms with E-state index < -0.39 is 12.1 Å². The Morgan fingerprint density at radius 2 is 1.62 bits per heavy atom. The summed E-state index contributed by atoms with van der Waals surface area (Å²) in [6.07, 6.45) is 12.6. The molecule has 216 valence electrons. The quantitative estimate of drug-likeness (QED) is 0.141. The van der Waals surface area contributed by atoms with Gasteiger partial charge in [-0.25, -0.2) is 9.18 Å². The second kappa shape index (κ2) is 17.0. The van der Waals surface area contributed by atoms with Gasteiger partial charge in [0.15, 0.2) is 6.17 Å². The van der Waals surface area contributed by atoms with E-state index in [2.05, 4.69) is 72.2 Å². The summed E-state index contributed by atoms with van der Waals surface area (Å²) < 4.78 is 26.5. The number of halogens is 2. The molecule has 2 aromatic rings. The van der Waals surface area contributed by atoms with Crippen molar-refractivity contribution in [2.75, 3.05) is 0 Å². The van der Waals surface area contributed by atoms with Crippen LogP contribution in [-0.2, 0) is 16.0 Å². The molecule has 0 unspecified atom stereocenters. The lowest BCUT2D eigenvalue weighted by Gasteiger charge is -2.28. The highest BCUT2D eigenvalue weighted by Gasteiger charge is 2.27. The summed E-state index contributed by atoms with van der Waals surface area (Å²) in [6, 6.07) is 15.2. The van der Waals surface area contributed by atoms with Crippen molar-refractivity contribution in [1.29, 1.82) is 0 Å². The zero-order valence-corrected chi connectivity index (χ0v) is 25.8. The predicted molar refractivity (Wildman–Crippen MR) is 163 cm³/mol. The van der Waals surface area contributed by atoms with Gasteiger partial charge in [-0.15, -0.1) is 0 Å². The second-order valence-corrected chi connectivity index (χ2v) is 12.2. The average molecular weight is 604 g/mol. The third-order valence-corrected chi connectivity index (χ3v) is 8.62. The minimum Gasteiger partial charge on any atom is -0.490 e. The zero-order chi connectivity index (χ0) is 28.0. The van der Waals surface area contributed by atoms with Crippen LogP contribution in [0.25, 0.3) is 11.1 Å². The molecule has 0 radical (unpaired) electrons. The lowest BCUT2D eigenvalue weighted by atomic mass is 9.83. The maximum Gasteiger partial charge on any atom is 0.340 e. The molecule has 0 bridgehead atoms. The van der Waals surface area contributed by atoms with E-state index in [1.54, 1.807) is 0 Å². The maximum atomic E-state index is 13.9. The summed E-state index contributed by atoms with van der Waals surface area (Å²) >= 11 is 3.71. The van der Waals surface area contributed by atoms with Gasteiger partial charge in [0.1, 0.15) is 11.9 Å². The molecule has 0 N–H and O–H groups in total. The van der Waals surface area contributed by atoms with Crippen molar-refractivity contribution in [1.82, 2.24) is 0 Å². The first kappa shape index (κ1) is 31.6. The third kappa shape index (κ3) is 10.9. The van der Waals surface area contributed by atoms with Crippen molar-refractivity contribution in [2.24, 2.45) is 5.92 Å². The predicted octanol–water partition coefficient (Wildman–Crippen LogP) is 10.4. The van der Waals surface area contributed by atoms with Gasteiger partial charge in [0.2, 0.25) is 0 Å². The number of hydrogen-bond donors (Lipinski definition) is 0. The largest absolute Gasteiger partial charge is 0.490 e. The van der Waals surface area contributed by atoms with Crippen molar-refractivity contribution in [3.8, 4) is 16.9 Å². The molecule has 5 heteroatoms. The highest BCUT2D eigenvalue weighted by atomic mass is 79.9. The fourth-order valence-electron chi connectivity index (χ4n) is 5.42. The lowest BCUT2D eigenvalue weighted by Crippen LogP contribution is -2.29. The van der Waals surface area contributed by atoms with Crippen molar-refractivity contribution in [3.05, 3.63) is 52.5 Å². The smallest absolute Gasteiger partial charge is 0.340 e. The summed E-state index contributed by atoms with van der Waals surface area (Å²) in [7, 11) is 0. The van der Waals surface area contributed by atoms with Crippen LogP contribution in [0.5, 0.6) is 5.75 Å². The Kier molecular flexibility index (Phi) is 13.8. The molecule has 2 atom stereocenters. The standard InChI is InChI=1S/C34H48BrFO3/c1-4-6-8-9-10-25(3)38-33-23-20-29(24-31(33)35)28-18-14-26(15-19-28)12-13-27-16-21-30(22-17-27)39-34(37)32(36)11-7-5-2/h14-15,18-20,23-25,27,30,32H,4-13,16-17,21-22H2,1-3H3/t25-,27-,30-,32-/m0/s1. The monoisotopic (exact) mass is 602 g/mol. The van der Waals surface area contributed by atoms with Crippen LogP contribution in [0.4, 0.5) is 4.39 Å². The zero-order valence-electron chi connectivity index (χ0n) is 24.2. The highest BCUT2D eigenvalue weighted by Crippen LogP contribution is 2.33. The van der Waals surface area contributed by atoms with Crippen LogP contribution < -0.4 is 4.74 Å². The lowest BCUT2D eigenvalue weighted by molar-refractivity contribution is -0.157. The van der Waals surface area contributed by atoms with E-state index in [1.807, 2.05) is 6.92 Å². The molecular weight excluding hydrogens is 555 g/mol. The number of carbonyl (C=O) groups excluding carboxylic acids is 1. The number of ether oxygens (including phenoxy) is 2. The van der Waals surface area contributed by atoms with Crippen LogP contribution in [0.3, 0.4) is 0 Å². The Morgan fingerprint density at radius 1 is 0.923 bits per heavy atom. The summed E-state index contributed by atoms with van der Waals surface area (Å²) in [4.78, 5) is 12.0. The van der Waals surface area contributed by atoms with Crippen LogP contribution in [0, 0.1) is 5.92 Å². The van der Waals surface area contributed by atoms with Crippen LogP contribution in [0.1, 0.15) is 110 Å². The van der Waals surface area contributed by atoms with Crippen LogP contribution >= 0.6 is 15.9 Å². The van der Waals surface area contributed by atoms with E-state index in [0.29, 0.717) is 5.92 Å². The fraction of sp³-hybridized carbons (Fsp3) is 0.618. The van der Waals surface area contributed by atoms with Gasteiger partial charge in [0.25, 0.3) is 0 Å². The molecule has 2 aromatic carbocycles. The van der Waals surface area contributed by atoms with E-state index in [4.69, 9.17) is 9.47 Å². The van der Waals surface area contributed by atoms with Gasteiger partial charge in [-0.2, -0.15) is 0 Å². The third-order valence-electron chi connectivity index (χ3n) is 8.00. The Bertz CT molecular complexity index is 984. The molecule has 1 saturated carbocycles. The highest BCUT2D eigenvalue weighted by molar-refractivity contribution is 9.10. The minimum absolute atomic E-state index is 0.113.